The van der Waals surface area contributed by atoms with Crippen molar-refractivity contribution in [2.24, 2.45) is 12.0 Å². The third kappa shape index (κ3) is 2.75. The molecule has 0 fully saturated rings. The van der Waals surface area contributed by atoms with Gasteiger partial charge in [-0.15, -0.1) is 0 Å². The minimum atomic E-state index is 1.04. The van der Waals surface area contributed by atoms with Crippen LogP contribution in [-0.4, -0.2) is 22.5 Å². The maximum atomic E-state index is 4.44. The van der Waals surface area contributed by atoms with Crippen molar-refractivity contribution in [1.82, 2.24) is 9.78 Å². The number of rotatable bonds is 3. The fraction of sp³-hybridized carbons (Fsp3) is 0.375. The zero-order valence-electron chi connectivity index (χ0n) is 12.4. The summed E-state index contributed by atoms with van der Waals surface area (Å²) >= 11 is 0. The number of aliphatic imine (C=N–C) groups is 1. The first-order valence-corrected chi connectivity index (χ1v) is 6.63. The second-order valence-electron chi connectivity index (χ2n) is 4.98. The van der Waals surface area contributed by atoms with Gasteiger partial charge in [0.05, 0.1) is 11.2 Å². The first-order valence-electron chi connectivity index (χ1n) is 6.63. The SMILES string of the molecule is CC/C(C)=C\C(=NC)c1cc2cn(C)nc2cc1C. The van der Waals surface area contributed by atoms with Gasteiger partial charge in [0.15, 0.2) is 0 Å². The molecule has 19 heavy (non-hydrogen) atoms. The predicted octanol–water partition coefficient (Wildman–Crippen LogP) is 3.66. The van der Waals surface area contributed by atoms with Crippen LogP contribution in [-0.2, 0) is 7.05 Å². The van der Waals surface area contributed by atoms with Crippen LogP contribution in [0.2, 0.25) is 0 Å². The number of aromatic nitrogens is 2. The maximum absolute atomic E-state index is 4.44. The molecule has 2 aromatic rings. The van der Waals surface area contributed by atoms with Gasteiger partial charge in [-0.2, -0.15) is 5.10 Å². The first-order chi connectivity index (χ1) is 9.05. The molecule has 0 radical (unpaired) electrons. The van der Waals surface area contributed by atoms with Crippen molar-refractivity contribution < 1.29 is 0 Å². The molecule has 3 nitrogen and oxygen atoms in total. The Balaban J connectivity index is 2.57. The number of fused-ring (bicyclic) bond motifs is 1. The van der Waals surface area contributed by atoms with E-state index in [2.05, 4.69) is 49.1 Å². The summed E-state index contributed by atoms with van der Waals surface area (Å²) in [5.74, 6) is 0. The van der Waals surface area contributed by atoms with Gasteiger partial charge >= 0.3 is 0 Å². The van der Waals surface area contributed by atoms with Crippen molar-refractivity contribution in [2.45, 2.75) is 27.2 Å². The Kier molecular flexibility index (Phi) is 3.84. The Morgan fingerprint density at radius 2 is 2.16 bits per heavy atom. The lowest BCUT2D eigenvalue weighted by Gasteiger charge is -2.07. The van der Waals surface area contributed by atoms with E-state index in [0.717, 1.165) is 23.0 Å². The number of allylic oxidation sites excluding steroid dienone is 2. The smallest absolute Gasteiger partial charge is 0.0926 e. The van der Waals surface area contributed by atoms with E-state index in [9.17, 15) is 0 Å². The van der Waals surface area contributed by atoms with Crippen LogP contribution in [0, 0.1) is 6.92 Å². The molecule has 0 aliphatic heterocycles. The number of hydrogen-bond acceptors (Lipinski definition) is 2. The molecule has 2 rings (SSSR count). The van der Waals surface area contributed by atoms with Crippen molar-refractivity contribution in [2.75, 3.05) is 7.05 Å². The van der Waals surface area contributed by atoms with E-state index in [1.807, 2.05) is 25.0 Å². The van der Waals surface area contributed by atoms with Crippen LogP contribution in [0.4, 0.5) is 0 Å². The third-order valence-electron chi connectivity index (χ3n) is 3.42. The van der Waals surface area contributed by atoms with Crippen LogP contribution in [0.5, 0.6) is 0 Å². The Labute approximate surface area is 114 Å². The summed E-state index contributed by atoms with van der Waals surface area (Å²) in [5, 5.41) is 5.60. The largest absolute Gasteiger partial charge is 0.288 e. The average molecular weight is 255 g/mol. The summed E-state index contributed by atoms with van der Waals surface area (Å²) in [6, 6.07) is 4.31. The number of nitrogens with zero attached hydrogens (tertiary/aromatic N) is 3. The van der Waals surface area contributed by atoms with E-state index in [1.54, 1.807) is 0 Å². The minimum Gasteiger partial charge on any atom is -0.288 e. The van der Waals surface area contributed by atoms with Gasteiger partial charge in [0.25, 0.3) is 0 Å². The molecule has 0 aliphatic rings. The average Bonchev–Trinajstić information content (AvgIpc) is 2.74. The molecule has 0 bridgehead atoms. The van der Waals surface area contributed by atoms with E-state index in [1.165, 1.54) is 16.7 Å². The quantitative estimate of drug-likeness (QED) is 0.770. The van der Waals surface area contributed by atoms with Gasteiger partial charge < -0.3 is 0 Å². The van der Waals surface area contributed by atoms with E-state index in [4.69, 9.17) is 0 Å². The van der Waals surface area contributed by atoms with Crippen molar-refractivity contribution in [1.29, 1.82) is 0 Å². The zero-order valence-corrected chi connectivity index (χ0v) is 12.4. The number of hydrogen-bond donors (Lipinski definition) is 0. The van der Waals surface area contributed by atoms with Crippen molar-refractivity contribution >= 4 is 16.6 Å². The van der Waals surface area contributed by atoms with Crippen LogP contribution in [0.15, 0.2) is 35.0 Å². The summed E-state index contributed by atoms with van der Waals surface area (Å²) < 4.78 is 1.85. The molecule has 0 aliphatic carbocycles. The highest BCUT2D eigenvalue weighted by Gasteiger charge is 2.08. The van der Waals surface area contributed by atoms with Gasteiger partial charge in [0, 0.05) is 31.2 Å². The fourth-order valence-corrected chi connectivity index (χ4v) is 2.17. The van der Waals surface area contributed by atoms with Crippen molar-refractivity contribution in [3.05, 3.63) is 41.1 Å². The maximum Gasteiger partial charge on any atom is 0.0926 e. The zero-order chi connectivity index (χ0) is 14.0. The Bertz CT molecular complexity index is 660. The van der Waals surface area contributed by atoms with Crippen LogP contribution >= 0.6 is 0 Å². The van der Waals surface area contributed by atoms with Crippen molar-refractivity contribution in [3.8, 4) is 0 Å². The van der Waals surface area contributed by atoms with E-state index >= 15 is 0 Å². The lowest BCUT2D eigenvalue weighted by Crippen LogP contribution is -2.01. The van der Waals surface area contributed by atoms with E-state index in [0.29, 0.717) is 0 Å². The Morgan fingerprint density at radius 3 is 2.79 bits per heavy atom. The first kappa shape index (κ1) is 13.5. The van der Waals surface area contributed by atoms with E-state index in [-0.39, 0.29) is 0 Å². The second-order valence-corrected chi connectivity index (χ2v) is 4.98. The molecule has 0 spiro atoms. The lowest BCUT2D eigenvalue weighted by atomic mass is 10.00. The molecule has 0 N–H and O–H groups in total. The van der Waals surface area contributed by atoms with Crippen molar-refractivity contribution in [3.63, 3.8) is 0 Å². The Morgan fingerprint density at radius 1 is 1.42 bits per heavy atom. The molecule has 100 valence electrons. The van der Waals surface area contributed by atoms with Crippen LogP contribution in [0.25, 0.3) is 10.9 Å². The summed E-state index contributed by atoms with van der Waals surface area (Å²) in [6.45, 7) is 6.42. The molecular weight excluding hydrogens is 234 g/mol. The summed E-state index contributed by atoms with van der Waals surface area (Å²) in [6.07, 6.45) is 5.26. The van der Waals surface area contributed by atoms with Crippen LogP contribution in [0.1, 0.15) is 31.4 Å². The fourth-order valence-electron chi connectivity index (χ4n) is 2.17. The number of aryl methyl sites for hydroxylation is 2. The standard InChI is InChI=1S/C16H21N3/c1-6-11(2)7-16(17-4)14-9-13-10-19(5)18-15(13)8-12(14)3/h7-10H,6H2,1-5H3/b11-7-,17-16?. The summed E-state index contributed by atoms with van der Waals surface area (Å²) in [7, 11) is 3.80. The summed E-state index contributed by atoms with van der Waals surface area (Å²) in [5.41, 5.74) is 5.83. The van der Waals surface area contributed by atoms with Gasteiger partial charge in [0.2, 0.25) is 0 Å². The molecule has 0 unspecified atom stereocenters. The van der Waals surface area contributed by atoms with Gasteiger partial charge in [-0.05, 0) is 44.0 Å². The van der Waals surface area contributed by atoms with E-state index < -0.39 is 0 Å². The molecule has 0 amide bonds. The van der Waals surface area contributed by atoms with Gasteiger partial charge in [-0.25, -0.2) is 0 Å². The molecule has 1 aromatic heterocycles. The highest BCUT2D eigenvalue weighted by atomic mass is 15.2. The lowest BCUT2D eigenvalue weighted by molar-refractivity contribution is 0.779. The van der Waals surface area contributed by atoms with Gasteiger partial charge in [-0.3, -0.25) is 9.67 Å². The normalized spacial score (nSPS) is 13.3. The molecule has 0 atom stereocenters. The molecule has 1 aromatic carbocycles. The molecule has 3 heteroatoms. The molecule has 0 saturated carbocycles. The number of benzene rings is 1. The monoisotopic (exact) mass is 255 g/mol. The minimum absolute atomic E-state index is 1.04. The topological polar surface area (TPSA) is 30.2 Å². The van der Waals surface area contributed by atoms with Gasteiger partial charge in [0.1, 0.15) is 0 Å². The highest BCUT2D eigenvalue weighted by Crippen LogP contribution is 2.20. The Hall–Kier alpha value is -1.90. The van der Waals surface area contributed by atoms with Crippen LogP contribution in [0.3, 0.4) is 0 Å². The van der Waals surface area contributed by atoms with Gasteiger partial charge in [-0.1, -0.05) is 12.5 Å². The molecule has 0 saturated heterocycles. The molecule has 1 heterocycles. The summed E-state index contributed by atoms with van der Waals surface area (Å²) in [4.78, 5) is 4.43. The third-order valence-corrected chi connectivity index (χ3v) is 3.42. The highest BCUT2D eigenvalue weighted by molar-refractivity contribution is 6.11. The second kappa shape index (κ2) is 5.39. The predicted molar refractivity (Wildman–Crippen MR) is 82.0 cm³/mol. The molecular formula is C16H21N3. The van der Waals surface area contributed by atoms with Crippen LogP contribution < -0.4 is 0 Å².